The molecule has 1 fully saturated rings. The summed E-state index contributed by atoms with van der Waals surface area (Å²) < 4.78 is 7.19. The first-order chi connectivity index (χ1) is 10.7. The Balaban J connectivity index is 1.83. The largest absolute Gasteiger partial charge is 0.444 e. The SMILES string of the molecule is C[C@@H](NC(=O)OC(C)(C)C)[C@@H]1CCCN(Cc2cnn(C)c2)C1. The van der Waals surface area contributed by atoms with E-state index in [1.165, 1.54) is 5.56 Å². The topological polar surface area (TPSA) is 59.4 Å². The third-order valence-electron chi connectivity index (χ3n) is 4.16. The molecule has 0 spiro atoms. The van der Waals surface area contributed by atoms with Gasteiger partial charge in [-0.25, -0.2) is 4.79 Å². The Hall–Kier alpha value is -1.56. The third-order valence-corrected chi connectivity index (χ3v) is 4.16. The van der Waals surface area contributed by atoms with Gasteiger partial charge in [-0.2, -0.15) is 5.10 Å². The predicted molar refractivity (Wildman–Crippen MR) is 90.0 cm³/mol. The van der Waals surface area contributed by atoms with Crippen molar-refractivity contribution in [2.24, 2.45) is 13.0 Å². The molecule has 6 heteroatoms. The number of carbonyl (C=O) groups excluding carboxylic acids is 1. The molecule has 1 N–H and O–H groups in total. The van der Waals surface area contributed by atoms with E-state index in [0.717, 1.165) is 32.5 Å². The van der Waals surface area contributed by atoms with Crippen molar-refractivity contribution in [1.82, 2.24) is 20.0 Å². The van der Waals surface area contributed by atoms with Gasteiger partial charge in [0.15, 0.2) is 0 Å². The summed E-state index contributed by atoms with van der Waals surface area (Å²) in [6.07, 6.45) is 5.96. The second-order valence-electron chi connectivity index (χ2n) is 7.59. The summed E-state index contributed by atoms with van der Waals surface area (Å²) >= 11 is 0. The number of aryl methyl sites for hydroxylation is 1. The van der Waals surface area contributed by atoms with E-state index in [2.05, 4.69) is 28.4 Å². The van der Waals surface area contributed by atoms with Crippen molar-refractivity contribution in [3.8, 4) is 0 Å². The van der Waals surface area contributed by atoms with Crippen LogP contribution in [0.5, 0.6) is 0 Å². The number of hydrogen-bond acceptors (Lipinski definition) is 4. The van der Waals surface area contributed by atoms with Crippen LogP contribution in [0, 0.1) is 5.92 Å². The summed E-state index contributed by atoms with van der Waals surface area (Å²) in [5, 5.41) is 7.22. The second-order valence-corrected chi connectivity index (χ2v) is 7.59. The van der Waals surface area contributed by atoms with Crippen LogP contribution in [0.25, 0.3) is 0 Å². The maximum atomic E-state index is 11.9. The molecule has 2 rings (SSSR count). The van der Waals surface area contributed by atoms with Gasteiger partial charge < -0.3 is 10.1 Å². The Morgan fingerprint density at radius 1 is 1.52 bits per heavy atom. The average molecular weight is 322 g/mol. The summed E-state index contributed by atoms with van der Waals surface area (Å²) in [4.78, 5) is 14.4. The zero-order chi connectivity index (χ0) is 17.0. The van der Waals surface area contributed by atoms with E-state index in [1.54, 1.807) is 0 Å². The monoisotopic (exact) mass is 322 g/mol. The number of hydrogen-bond donors (Lipinski definition) is 1. The lowest BCUT2D eigenvalue weighted by Gasteiger charge is -2.36. The van der Waals surface area contributed by atoms with Crippen LogP contribution in [0.2, 0.25) is 0 Å². The lowest BCUT2D eigenvalue weighted by Crippen LogP contribution is -2.47. The van der Waals surface area contributed by atoms with E-state index >= 15 is 0 Å². The van der Waals surface area contributed by atoms with E-state index < -0.39 is 5.60 Å². The molecule has 0 unspecified atom stereocenters. The number of amides is 1. The first-order valence-corrected chi connectivity index (χ1v) is 8.42. The average Bonchev–Trinajstić information content (AvgIpc) is 2.82. The van der Waals surface area contributed by atoms with E-state index in [9.17, 15) is 4.79 Å². The first kappa shape index (κ1) is 17.8. The Kier molecular flexibility index (Phi) is 5.68. The highest BCUT2D eigenvalue weighted by Gasteiger charge is 2.27. The van der Waals surface area contributed by atoms with Crippen LogP contribution in [0.4, 0.5) is 4.79 Å². The summed E-state index contributed by atoms with van der Waals surface area (Å²) in [7, 11) is 1.94. The Bertz CT molecular complexity index is 521. The first-order valence-electron chi connectivity index (χ1n) is 8.42. The van der Waals surface area contributed by atoms with Crippen LogP contribution in [-0.2, 0) is 18.3 Å². The molecule has 130 valence electrons. The molecule has 1 aliphatic heterocycles. The third kappa shape index (κ3) is 5.86. The molecule has 0 bridgehead atoms. The molecule has 2 atom stereocenters. The van der Waals surface area contributed by atoms with E-state index in [-0.39, 0.29) is 12.1 Å². The fourth-order valence-electron chi connectivity index (χ4n) is 3.07. The van der Waals surface area contributed by atoms with Crippen molar-refractivity contribution >= 4 is 6.09 Å². The zero-order valence-corrected chi connectivity index (χ0v) is 15.0. The smallest absolute Gasteiger partial charge is 0.407 e. The van der Waals surface area contributed by atoms with Crippen LogP contribution in [0.3, 0.4) is 0 Å². The minimum atomic E-state index is -0.456. The number of alkyl carbamates (subject to hydrolysis) is 1. The number of rotatable bonds is 4. The number of ether oxygens (including phenoxy) is 1. The summed E-state index contributed by atoms with van der Waals surface area (Å²) in [6, 6.07) is 0.113. The van der Waals surface area contributed by atoms with Gasteiger partial charge in [0, 0.05) is 37.9 Å². The van der Waals surface area contributed by atoms with Crippen molar-refractivity contribution in [3.05, 3.63) is 18.0 Å². The minimum absolute atomic E-state index is 0.113. The molecule has 0 saturated carbocycles. The molecule has 1 aromatic heterocycles. The van der Waals surface area contributed by atoms with Gasteiger partial charge in [0.05, 0.1) is 6.20 Å². The van der Waals surface area contributed by atoms with Gasteiger partial charge in [0.25, 0.3) is 0 Å². The van der Waals surface area contributed by atoms with Gasteiger partial charge >= 0.3 is 6.09 Å². The second kappa shape index (κ2) is 7.34. The van der Waals surface area contributed by atoms with E-state index in [0.29, 0.717) is 5.92 Å². The quantitative estimate of drug-likeness (QED) is 0.925. The standard InChI is InChI=1S/C17H30N4O2/c1-13(19-16(22)23-17(2,3)4)15-7-6-8-21(12-15)11-14-9-18-20(5)10-14/h9-10,13,15H,6-8,11-12H2,1-5H3,(H,19,22)/t13-,15-/m1/s1. The van der Waals surface area contributed by atoms with Crippen molar-refractivity contribution in [3.63, 3.8) is 0 Å². The predicted octanol–water partition coefficient (Wildman–Crippen LogP) is 2.55. The lowest BCUT2D eigenvalue weighted by atomic mass is 9.91. The highest BCUT2D eigenvalue weighted by atomic mass is 16.6. The van der Waals surface area contributed by atoms with Gasteiger partial charge in [-0.15, -0.1) is 0 Å². The molecule has 1 aliphatic rings. The Morgan fingerprint density at radius 3 is 2.87 bits per heavy atom. The summed E-state index contributed by atoms with van der Waals surface area (Å²) in [5.41, 5.74) is 0.781. The maximum Gasteiger partial charge on any atom is 0.407 e. The van der Waals surface area contributed by atoms with Crippen molar-refractivity contribution in [2.75, 3.05) is 13.1 Å². The number of carbonyl (C=O) groups is 1. The van der Waals surface area contributed by atoms with Crippen molar-refractivity contribution in [2.45, 2.75) is 58.7 Å². The van der Waals surface area contributed by atoms with Gasteiger partial charge in [0.1, 0.15) is 5.60 Å². The van der Waals surface area contributed by atoms with Crippen LogP contribution in [-0.4, -0.2) is 45.5 Å². The molecular formula is C17H30N4O2. The molecule has 1 saturated heterocycles. The molecule has 0 aliphatic carbocycles. The van der Waals surface area contributed by atoms with Gasteiger partial charge in [0.2, 0.25) is 0 Å². The van der Waals surface area contributed by atoms with Crippen LogP contribution >= 0.6 is 0 Å². The molecule has 6 nitrogen and oxygen atoms in total. The number of nitrogens with one attached hydrogen (secondary N) is 1. The number of likely N-dealkylation sites (tertiary alicyclic amines) is 1. The van der Waals surface area contributed by atoms with Crippen LogP contribution < -0.4 is 5.32 Å². The molecular weight excluding hydrogens is 292 g/mol. The van der Waals surface area contributed by atoms with Crippen LogP contribution in [0.15, 0.2) is 12.4 Å². The molecule has 2 heterocycles. The molecule has 1 aromatic rings. The van der Waals surface area contributed by atoms with E-state index in [4.69, 9.17) is 4.74 Å². The van der Waals surface area contributed by atoms with Gasteiger partial charge in [-0.3, -0.25) is 9.58 Å². The normalized spacial score (nSPS) is 21.0. The zero-order valence-electron chi connectivity index (χ0n) is 15.0. The molecule has 1 amide bonds. The molecule has 0 aromatic carbocycles. The number of nitrogens with zero attached hydrogens (tertiary/aromatic N) is 3. The minimum Gasteiger partial charge on any atom is -0.444 e. The lowest BCUT2D eigenvalue weighted by molar-refractivity contribution is 0.0466. The highest BCUT2D eigenvalue weighted by molar-refractivity contribution is 5.68. The Labute approximate surface area is 139 Å². The maximum absolute atomic E-state index is 11.9. The fraction of sp³-hybridized carbons (Fsp3) is 0.765. The summed E-state index contributed by atoms with van der Waals surface area (Å²) in [6.45, 7) is 10.7. The Morgan fingerprint density at radius 2 is 2.26 bits per heavy atom. The fourth-order valence-corrected chi connectivity index (χ4v) is 3.07. The molecule has 0 radical (unpaired) electrons. The number of piperidine rings is 1. The van der Waals surface area contributed by atoms with E-state index in [1.807, 2.05) is 38.7 Å². The molecule has 23 heavy (non-hydrogen) atoms. The van der Waals surface area contributed by atoms with Crippen molar-refractivity contribution < 1.29 is 9.53 Å². The number of aromatic nitrogens is 2. The highest BCUT2D eigenvalue weighted by Crippen LogP contribution is 2.21. The summed E-state index contributed by atoms with van der Waals surface area (Å²) in [5.74, 6) is 0.452. The van der Waals surface area contributed by atoms with Gasteiger partial charge in [-0.1, -0.05) is 0 Å². The van der Waals surface area contributed by atoms with Crippen LogP contribution in [0.1, 0.15) is 46.1 Å². The van der Waals surface area contributed by atoms with Gasteiger partial charge in [-0.05, 0) is 53.0 Å². The van der Waals surface area contributed by atoms with Crippen molar-refractivity contribution in [1.29, 1.82) is 0 Å².